The summed E-state index contributed by atoms with van der Waals surface area (Å²) in [5, 5.41) is 3.36. The summed E-state index contributed by atoms with van der Waals surface area (Å²) >= 11 is 0. The second kappa shape index (κ2) is 12.8. The molecule has 0 aliphatic carbocycles. The van der Waals surface area contributed by atoms with Crippen LogP contribution in [0, 0.1) is 6.92 Å². The van der Waals surface area contributed by atoms with Crippen molar-refractivity contribution in [2.24, 2.45) is 4.99 Å². The molecule has 0 saturated heterocycles. The Morgan fingerprint density at radius 3 is 2.54 bits per heavy atom. The van der Waals surface area contributed by atoms with Gasteiger partial charge in [-0.25, -0.2) is 0 Å². The van der Waals surface area contributed by atoms with Crippen LogP contribution >= 0.6 is 0 Å². The predicted molar refractivity (Wildman–Crippen MR) is 101 cm³/mol. The molecule has 5 heteroatoms. The van der Waals surface area contributed by atoms with Crippen molar-refractivity contribution < 1.29 is 9.47 Å². The molecule has 0 radical (unpaired) electrons. The van der Waals surface area contributed by atoms with Crippen LogP contribution in [-0.4, -0.2) is 57.9 Å². The van der Waals surface area contributed by atoms with Crippen molar-refractivity contribution in [1.82, 2.24) is 10.2 Å². The van der Waals surface area contributed by atoms with Crippen LogP contribution in [0.15, 0.2) is 29.3 Å². The van der Waals surface area contributed by atoms with E-state index in [9.17, 15) is 0 Å². The normalized spacial score (nSPS) is 11.6. The van der Waals surface area contributed by atoms with Crippen molar-refractivity contribution in [3.63, 3.8) is 0 Å². The number of nitrogens with zero attached hydrogens (tertiary/aromatic N) is 2. The van der Waals surface area contributed by atoms with Crippen molar-refractivity contribution in [3.8, 4) is 0 Å². The van der Waals surface area contributed by atoms with Crippen LogP contribution in [0.1, 0.15) is 30.9 Å². The Morgan fingerprint density at radius 2 is 1.88 bits per heavy atom. The van der Waals surface area contributed by atoms with Crippen LogP contribution in [0.4, 0.5) is 0 Å². The Morgan fingerprint density at radius 1 is 1.12 bits per heavy atom. The molecule has 1 aromatic carbocycles. The van der Waals surface area contributed by atoms with Crippen molar-refractivity contribution >= 4 is 5.96 Å². The van der Waals surface area contributed by atoms with Crippen LogP contribution < -0.4 is 5.32 Å². The van der Waals surface area contributed by atoms with Gasteiger partial charge in [-0.05, 0) is 32.3 Å². The van der Waals surface area contributed by atoms with Gasteiger partial charge in [-0.1, -0.05) is 29.8 Å². The highest BCUT2D eigenvalue weighted by atomic mass is 16.5. The molecule has 0 saturated carbocycles. The molecular formula is C19H33N3O2. The number of hydrogen-bond donors (Lipinski definition) is 1. The van der Waals surface area contributed by atoms with E-state index >= 15 is 0 Å². The number of aryl methyl sites for hydroxylation is 1. The van der Waals surface area contributed by atoms with Crippen molar-refractivity contribution in [2.75, 3.05) is 47.1 Å². The molecule has 1 aromatic rings. The summed E-state index contributed by atoms with van der Waals surface area (Å²) in [6, 6.07) is 8.65. The van der Waals surface area contributed by atoms with Crippen molar-refractivity contribution in [2.45, 2.75) is 33.2 Å². The quantitative estimate of drug-likeness (QED) is 0.384. The van der Waals surface area contributed by atoms with E-state index in [-0.39, 0.29) is 0 Å². The van der Waals surface area contributed by atoms with Gasteiger partial charge in [-0.2, -0.15) is 0 Å². The molecule has 0 aromatic heterocycles. The summed E-state index contributed by atoms with van der Waals surface area (Å²) < 4.78 is 10.4. The standard InChI is InChI=1S/C19H33N3O2/c1-5-20-19(21-12-6-7-13-24-15-14-23-4)22(3)16-18-10-8-17(2)9-11-18/h8-11H,5-7,12-16H2,1-4H3,(H,20,21). The number of rotatable bonds is 11. The molecule has 0 fully saturated rings. The van der Waals surface area contributed by atoms with Gasteiger partial charge in [0, 0.05) is 40.4 Å². The van der Waals surface area contributed by atoms with E-state index in [1.165, 1.54) is 11.1 Å². The van der Waals surface area contributed by atoms with Crippen LogP contribution in [0.5, 0.6) is 0 Å². The smallest absolute Gasteiger partial charge is 0.193 e. The number of benzene rings is 1. The zero-order valence-corrected chi connectivity index (χ0v) is 15.7. The second-order valence-corrected chi connectivity index (χ2v) is 5.89. The fourth-order valence-electron chi connectivity index (χ4n) is 2.26. The highest BCUT2D eigenvalue weighted by Crippen LogP contribution is 2.06. The molecule has 0 aliphatic rings. The lowest BCUT2D eigenvalue weighted by atomic mass is 10.1. The summed E-state index contributed by atoms with van der Waals surface area (Å²) in [7, 11) is 3.77. The second-order valence-electron chi connectivity index (χ2n) is 5.89. The Kier molecular flexibility index (Phi) is 10.9. The maximum absolute atomic E-state index is 5.47. The van der Waals surface area contributed by atoms with E-state index in [2.05, 4.69) is 55.4 Å². The molecule has 0 heterocycles. The van der Waals surface area contributed by atoms with Crippen LogP contribution in [-0.2, 0) is 16.0 Å². The van der Waals surface area contributed by atoms with Crippen LogP contribution in [0.3, 0.4) is 0 Å². The maximum Gasteiger partial charge on any atom is 0.193 e. The van der Waals surface area contributed by atoms with Gasteiger partial charge in [0.2, 0.25) is 0 Å². The Balaban J connectivity index is 2.36. The van der Waals surface area contributed by atoms with E-state index in [1.807, 2.05) is 0 Å². The Hall–Kier alpha value is -1.59. The summed E-state index contributed by atoms with van der Waals surface area (Å²) in [4.78, 5) is 6.88. The number of nitrogens with one attached hydrogen (secondary N) is 1. The summed E-state index contributed by atoms with van der Waals surface area (Å²) in [6.07, 6.45) is 2.05. The molecule has 136 valence electrons. The van der Waals surface area contributed by atoms with Gasteiger partial charge in [0.25, 0.3) is 0 Å². The number of guanidine groups is 1. The van der Waals surface area contributed by atoms with E-state index in [0.29, 0.717) is 13.2 Å². The minimum atomic E-state index is 0.659. The average molecular weight is 335 g/mol. The predicted octanol–water partition coefficient (Wildman–Crippen LogP) is 2.84. The molecule has 0 amide bonds. The lowest BCUT2D eigenvalue weighted by molar-refractivity contribution is 0.0690. The number of ether oxygens (including phenoxy) is 2. The molecule has 24 heavy (non-hydrogen) atoms. The molecule has 0 aliphatic heterocycles. The molecule has 1 rings (SSSR count). The highest BCUT2D eigenvalue weighted by molar-refractivity contribution is 5.79. The van der Waals surface area contributed by atoms with Gasteiger partial charge in [0.1, 0.15) is 0 Å². The molecule has 0 spiro atoms. The van der Waals surface area contributed by atoms with E-state index < -0.39 is 0 Å². The number of unbranched alkanes of at least 4 members (excludes halogenated alkanes) is 1. The zero-order chi connectivity index (χ0) is 17.6. The largest absolute Gasteiger partial charge is 0.382 e. The monoisotopic (exact) mass is 335 g/mol. The number of hydrogen-bond acceptors (Lipinski definition) is 3. The summed E-state index contributed by atoms with van der Waals surface area (Å²) in [6.45, 7) is 8.84. The van der Waals surface area contributed by atoms with Crippen molar-refractivity contribution in [1.29, 1.82) is 0 Å². The minimum Gasteiger partial charge on any atom is -0.382 e. The average Bonchev–Trinajstić information content (AvgIpc) is 2.58. The third-order valence-corrected chi connectivity index (χ3v) is 3.63. The highest BCUT2D eigenvalue weighted by Gasteiger charge is 2.06. The Bertz CT molecular complexity index is 460. The van der Waals surface area contributed by atoms with Gasteiger partial charge >= 0.3 is 0 Å². The topological polar surface area (TPSA) is 46.1 Å². The molecule has 5 nitrogen and oxygen atoms in total. The van der Waals surface area contributed by atoms with Gasteiger partial charge in [0.15, 0.2) is 5.96 Å². The molecule has 1 N–H and O–H groups in total. The number of aliphatic imine (C=N–C) groups is 1. The molecule has 0 bridgehead atoms. The van der Waals surface area contributed by atoms with Gasteiger partial charge in [0.05, 0.1) is 13.2 Å². The van der Waals surface area contributed by atoms with Crippen LogP contribution in [0.2, 0.25) is 0 Å². The summed E-state index contributed by atoms with van der Waals surface area (Å²) in [5.41, 5.74) is 2.58. The molecular weight excluding hydrogens is 302 g/mol. The fourth-order valence-corrected chi connectivity index (χ4v) is 2.26. The Labute approximate surface area is 147 Å². The first kappa shape index (κ1) is 20.5. The molecule has 0 atom stereocenters. The zero-order valence-electron chi connectivity index (χ0n) is 15.7. The third kappa shape index (κ3) is 8.89. The fraction of sp³-hybridized carbons (Fsp3) is 0.632. The minimum absolute atomic E-state index is 0.659. The third-order valence-electron chi connectivity index (χ3n) is 3.63. The molecule has 0 unspecified atom stereocenters. The van der Waals surface area contributed by atoms with Gasteiger partial charge in [-0.15, -0.1) is 0 Å². The summed E-state index contributed by atoms with van der Waals surface area (Å²) in [5.74, 6) is 0.957. The lowest BCUT2D eigenvalue weighted by Crippen LogP contribution is -2.38. The van der Waals surface area contributed by atoms with E-state index in [0.717, 1.165) is 45.0 Å². The first-order valence-corrected chi connectivity index (χ1v) is 8.79. The number of methoxy groups -OCH3 is 1. The first-order chi connectivity index (χ1) is 11.7. The first-order valence-electron chi connectivity index (χ1n) is 8.79. The maximum atomic E-state index is 5.47. The van der Waals surface area contributed by atoms with Crippen LogP contribution in [0.25, 0.3) is 0 Å². The van der Waals surface area contributed by atoms with Gasteiger partial charge in [-0.3, -0.25) is 4.99 Å². The van der Waals surface area contributed by atoms with Gasteiger partial charge < -0.3 is 19.7 Å². The van der Waals surface area contributed by atoms with E-state index in [1.54, 1.807) is 7.11 Å². The van der Waals surface area contributed by atoms with E-state index in [4.69, 9.17) is 14.5 Å². The lowest BCUT2D eigenvalue weighted by Gasteiger charge is -2.22. The SMILES string of the molecule is CCNC(=NCCCCOCCOC)N(C)Cc1ccc(C)cc1. The van der Waals surface area contributed by atoms with Crippen molar-refractivity contribution in [3.05, 3.63) is 35.4 Å².